The van der Waals surface area contributed by atoms with Crippen molar-refractivity contribution in [1.29, 1.82) is 0 Å². The van der Waals surface area contributed by atoms with Crippen molar-refractivity contribution in [1.82, 2.24) is 14.6 Å². The molecule has 0 aliphatic carbocycles. The number of aryl methyl sites for hydroxylation is 2. The molecule has 0 amide bonds. The fraction of sp³-hybridized carbons (Fsp3) is 0.143. The molecule has 2 heterocycles. The van der Waals surface area contributed by atoms with E-state index in [0.29, 0.717) is 0 Å². The third kappa shape index (κ3) is 1.93. The van der Waals surface area contributed by atoms with E-state index in [0.717, 1.165) is 27.1 Å². The van der Waals surface area contributed by atoms with Crippen molar-refractivity contribution in [2.45, 2.75) is 13.8 Å². The summed E-state index contributed by atoms with van der Waals surface area (Å²) in [6.07, 6.45) is 1.94. The van der Waals surface area contributed by atoms with Crippen molar-refractivity contribution < 1.29 is 0 Å². The molecule has 90 valence electrons. The number of rotatable bonds is 1. The molecule has 0 bridgehead atoms. The fourth-order valence-corrected chi connectivity index (χ4v) is 2.38. The number of hydrogen-bond acceptors (Lipinski definition) is 2. The minimum Gasteiger partial charge on any atom is -0.232 e. The van der Waals surface area contributed by atoms with Crippen LogP contribution in [0.25, 0.3) is 16.9 Å². The molecular weight excluding hydrogens is 290 g/mol. The second kappa shape index (κ2) is 4.21. The van der Waals surface area contributed by atoms with Crippen molar-refractivity contribution in [3.8, 4) is 11.3 Å². The van der Waals surface area contributed by atoms with Crippen LogP contribution in [0.3, 0.4) is 0 Å². The van der Waals surface area contributed by atoms with Gasteiger partial charge in [-0.15, -0.1) is 0 Å². The lowest BCUT2D eigenvalue weighted by molar-refractivity contribution is 0.940. The van der Waals surface area contributed by atoms with Gasteiger partial charge in [0.15, 0.2) is 5.65 Å². The van der Waals surface area contributed by atoms with Crippen LogP contribution in [0.2, 0.25) is 0 Å². The van der Waals surface area contributed by atoms with Crippen LogP contribution in [-0.4, -0.2) is 14.6 Å². The van der Waals surface area contributed by atoms with E-state index in [-0.39, 0.29) is 0 Å². The molecule has 0 unspecified atom stereocenters. The SMILES string of the molecule is Cc1cn2nc(-c3cc(Br)ccc3C)ccc2n1. The number of fused-ring (bicyclic) bond motifs is 1. The van der Waals surface area contributed by atoms with Crippen LogP contribution in [-0.2, 0) is 0 Å². The molecule has 18 heavy (non-hydrogen) atoms. The zero-order valence-corrected chi connectivity index (χ0v) is 11.8. The van der Waals surface area contributed by atoms with Crippen molar-refractivity contribution in [2.24, 2.45) is 0 Å². The number of nitrogens with zero attached hydrogens (tertiary/aromatic N) is 3. The Morgan fingerprint density at radius 2 is 1.94 bits per heavy atom. The van der Waals surface area contributed by atoms with Gasteiger partial charge >= 0.3 is 0 Å². The Labute approximate surface area is 114 Å². The highest BCUT2D eigenvalue weighted by Crippen LogP contribution is 2.25. The normalized spacial score (nSPS) is 11.1. The minimum atomic E-state index is 0.879. The van der Waals surface area contributed by atoms with E-state index in [1.165, 1.54) is 5.56 Å². The zero-order valence-electron chi connectivity index (χ0n) is 10.2. The highest BCUT2D eigenvalue weighted by Gasteiger charge is 2.06. The molecule has 2 aromatic heterocycles. The molecule has 0 aliphatic heterocycles. The Morgan fingerprint density at radius 3 is 2.78 bits per heavy atom. The van der Waals surface area contributed by atoms with E-state index in [2.05, 4.69) is 45.1 Å². The monoisotopic (exact) mass is 301 g/mol. The first-order valence-electron chi connectivity index (χ1n) is 5.73. The Kier molecular flexibility index (Phi) is 2.67. The minimum absolute atomic E-state index is 0.879. The van der Waals surface area contributed by atoms with Gasteiger partial charge in [-0.25, -0.2) is 9.50 Å². The van der Waals surface area contributed by atoms with Gasteiger partial charge in [0.1, 0.15) is 0 Å². The van der Waals surface area contributed by atoms with E-state index >= 15 is 0 Å². The van der Waals surface area contributed by atoms with Crippen LogP contribution in [0.4, 0.5) is 0 Å². The number of benzene rings is 1. The van der Waals surface area contributed by atoms with Crippen LogP contribution < -0.4 is 0 Å². The lowest BCUT2D eigenvalue weighted by atomic mass is 10.1. The third-order valence-corrected chi connectivity index (χ3v) is 3.41. The topological polar surface area (TPSA) is 30.2 Å². The Hall–Kier alpha value is -1.68. The molecule has 1 aromatic carbocycles. The standard InChI is InChI=1S/C14H12BrN3/c1-9-3-4-11(15)7-12(9)13-5-6-14-16-10(2)8-18(14)17-13/h3-8H,1-2H3. The van der Waals surface area contributed by atoms with Gasteiger partial charge in [-0.2, -0.15) is 5.10 Å². The molecule has 3 rings (SSSR count). The summed E-state index contributed by atoms with van der Waals surface area (Å²) in [5, 5.41) is 4.60. The predicted molar refractivity (Wildman–Crippen MR) is 75.6 cm³/mol. The van der Waals surface area contributed by atoms with Gasteiger partial charge in [-0.05, 0) is 43.7 Å². The molecule has 0 spiro atoms. The van der Waals surface area contributed by atoms with Gasteiger partial charge in [0.05, 0.1) is 17.6 Å². The van der Waals surface area contributed by atoms with Gasteiger partial charge in [-0.3, -0.25) is 0 Å². The molecule has 4 heteroatoms. The van der Waals surface area contributed by atoms with Crippen molar-refractivity contribution in [3.05, 3.63) is 52.3 Å². The average Bonchev–Trinajstić information content (AvgIpc) is 2.71. The molecule has 0 atom stereocenters. The largest absolute Gasteiger partial charge is 0.232 e. The summed E-state index contributed by atoms with van der Waals surface area (Å²) in [5.41, 5.74) is 5.16. The first-order chi connectivity index (χ1) is 8.63. The van der Waals surface area contributed by atoms with Gasteiger partial charge in [0.2, 0.25) is 0 Å². The Bertz CT molecular complexity index is 731. The molecular formula is C14H12BrN3. The van der Waals surface area contributed by atoms with E-state index in [1.807, 2.05) is 35.8 Å². The fourth-order valence-electron chi connectivity index (χ4n) is 2.01. The summed E-state index contributed by atoms with van der Waals surface area (Å²) in [6, 6.07) is 10.2. The van der Waals surface area contributed by atoms with Gasteiger partial charge in [0, 0.05) is 10.0 Å². The first-order valence-corrected chi connectivity index (χ1v) is 6.52. The van der Waals surface area contributed by atoms with Gasteiger partial charge in [-0.1, -0.05) is 22.0 Å². The Balaban J connectivity index is 2.21. The van der Waals surface area contributed by atoms with Crippen molar-refractivity contribution >= 4 is 21.6 Å². The van der Waals surface area contributed by atoms with Gasteiger partial charge in [0.25, 0.3) is 0 Å². The molecule has 0 N–H and O–H groups in total. The van der Waals surface area contributed by atoms with Crippen LogP contribution in [0, 0.1) is 13.8 Å². The van der Waals surface area contributed by atoms with Crippen molar-refractivity contribution in [3.63, 3.8) is 0 Å². The van der Waals surface area contributed by atoms with Crippen LogP contribution in [0.1, 0.15) is 11.3 Å². The number of halogens is 1. The van der Waals surface area contributed by atoms with E-state index in [1.54, 1.807) is 0 Å². The van der Waals surface area contributed by atoms with Crippen LogP contribution >= 0.6 is 15.9 Å². The molecule has 0 radical (unpaired) electrons. The molecule has 0 saturated carbocycles. The lowest BCUT2D eigenvalue weighted by Crippen LogP contribution is -1.94. The maximum atomic E-state index is 4.60. The number of aromatic nitrogens is 3. The smallest absolute Gasteiger partial charge is 0.153 e. The summed E-state index contributed by atoms with van der Waals surface area (Å²) in [6.45, 7) is 4.06. The Morgan fingerprint density at radius 1 is 1.11 bits per heavy atom. The van der Waals surface area contributed by atoms with Crippen molar-refractivity contribution in [2.75, 3.05) is 0 Å². The summed E-state index contributed by atoms with van der Waals surface area (Å²) >= 11 is 3.50. The molecule has 3 aromatic rings. The quantitative estimate of drug-likeness (QED) is 0.685. The first kappa shape index (κ1) is 11.4. The zero-order chi connectivity index (χ0) is 12.7. The van der Waals surface area contributed by atoms with Crippen LogP contribution in [0.15, 0.2) is 41.0 Å². The molecule has 0 fully saturated rings. The van der Waals surface area contributed by atoms with E-state index in [9.17, 15) is 0 Å². The molecule has 0 saturated heterocycles. The summed E-state index contributed by atoms with van der Waals surface area (Å²) in [5.74, 6) is 0. The average molecular weight is 302 g/mol. The highest BCUT2D eigenvalue weighted by atomic mass is 79.9. The second-order valence-electron chi connectivity index (χ2n) is 4.36. The van der Waals surface area contributed by atoms with Crippen LogP contribution in [0.5, 0.6) is 0 Å². The number of imidazole rings is 1. The highest BCUT2D eigenvalue weighted by molar-refractivity contribution is 9.10. The summed E-state index contributed by atoms with van der Waals surface area (Å²) in [7, 11) is 0. The second-order valence-corrected chi connectivity index (χ2v) is 5.28. The van der Waals surface area contributed by atoms with Gasteiger partial charge < -0.3 is 0 Å². The maximum Gasteiger partial charge on any atom is 0.153 e. The molecule has 3 nitrogen and oxygen atoms in total. The molecule has 0 aliphatic rings. The summed E-state index contributed by atoms with van der Waals surface area (Å²) < 4.78 is 2.89. The van der Waals surface area contributed by atoms with E-state index in [4.69, 9.17) is 0 Å². The third-order valence-electron chi connectivity index (χ3n) is 2.92. The lowest BCUT2D eigenvalue weighted by Gasteiger charge is -2.06. The number of hydrogen-bond donors (Lipinski definition) is 0. The summed E-state index contributed by atoms with van der Waals surface area (Å²) in [4.78, 5) is 4.38. The maximum absolute atomic E-state index is 4.60. The van der Waals surface area contributed by atoms with E-state index < -0.39 is 0 Å². The predicted octanol–water partition coefficient (Wildman–Crippen LogP) is 3.78.